The lowest BCUT2D eigenvalue weighted by Gasteiger charge is -2.19. The van der Waals surface area contributed by atoms with Crippen LogP contribution in [0.25, 0.3) is 0 Å². The summed E-state index contributed by atoms with van der Waals surface area (Å²) in [5.41, 5.74) is 3.04. The molecule has 0 heterocycles. The average Bonchev–Trinajstić information content (AvgIpc) is 2.48. The summed E-state index contributed by atoms with van der Waals surface area (Å²) >= 11 is 0. The van der Waals surface area contributed by atoms with Crippen molar-refractivity contribution in [2.24, 2.45) is 5.92 Å². The van der Waals surface area contributed by atoms with Crippen LogP contribution in [-0.2, 0) is 6.42 Å². The van der Waals surface area contributed by atoms with Gasteiger partial charge >= 0.3 is 0 Å². The highest BCUT2D eigenvalue weighted by Gasteiger charge is 2.21. The molecular formula is C14H19NO2. The summed E-state index contributed by atoms with van der Waals surface area (Å²) in [6, 6.07) is 4.00. The van der Waals surface area contributed by atoms with E-state index in [1.807, 2.05) is 26.1 Å². The Kier molecular flexibility index (Phi) is 3.38. The Hall–Kier alpha value is -1.48. The van der Waals surface area contributed by atoms with Gasteiger partial charge in [0, 0.05) is 13.0 Å². The third-order valence-electron chi connectivity index (χ3n) is 3.32. The number of hydrogen-bond acceptors (Lipinski definition) is 3. The van der Waals surface area contributed by atoms with Gasteiger partial charge in [-0.2, -0.15) is 0 Å². The van der Waals surface area contributed by atoms with Gasteiger partial charge in [-0.05, 0) is 29.7 Å². The SMILES string of the molecule is CNc1cc2c(cc1OC)CC=CC(C)C2O. The monoisotopic (exact) mass is 233 g/mol. The summed E-state index contributed by atoms with van der Waals surface area (Å²) in [4.78, 5) is 0. The van der Waals surface area contributed by atoms with Gasteiger partial charge in [0.05, 0.1) is 18.9 Å². The third-order valence-corrected chi connectivity index (χ3v) is 3.32. The second-order valence-corrected chi connectivity index (χ2v) is 4.44. The minimum absolute atomic E-state index is 0.148. The summed E-state index contributed by atoms with van der Waals surface area (Å²) < 4.78 is 5.34. The first-order valence-corrected chi connectivity index (χ1v) is 5.90. The molecule has 0 spiro atoms. The Morgan fingerprint density at radius 3 is 2.82 bits per heavy atom. The molecule has 92 valence electrons. The van der Waals surface area contributed by atoms with Crippen LogP contribution in [0.3, 0.4) is 0 Å². The van der Waals surface area contributed by atoms with E-state index in [0.29, 0.717) is 0 Å². The highest BCUT2D eigenvalue weighted by molar-refractivity contribution is 5.61. The molecule has 0 bridgehead atoms. The van der Waals surface area contributed by atoms with Crippen molar-refractivity contribution in [3.05, 3.63) is 35.4 Å². The van der Waals surface area contributed by atoms with Crippen LogP contribution in [0.15, 0.2) is 24.3 Å². The normalized spacial score (nSPS) is 22.8. The molecule has 3 nitrogen and oxygen atoms in total. The van der Waals surface area contributed by atoms with Crippen molar-refractivity contribution in [2.75, 3.05) is 19.5 Å². The minimum Gasteiger partial charge on any atom is -0.495 e. The predicted octanol–water partition coefficient (Wildman–Crippen LogP) is 2.52. The number of anilines is 1. The van der Waals surface area contributed by atoms with Crippen molar-refractivity contribution in [1.82, 2.24) is 0 Å². The molecule has 1 aromatic rings. The summed E-state index contributed by atoms with van der Waals surface area (Å²) in [6.07, 6.45) is 4.58. The Labute approximate surface area is 102 Å². The van der Waals surface area contributed by atoms with Gasteiger partial charge in [-0.15, -0.1) is 0 Å². The van der Waals surface area contributed by atoms with Crippen molar-refractivity contribution >= 4 is 5.69 Å². The molecule has 0 amide bonds. The van der Waals surface area contributed by atoms with Gasteiger partial charge in [0.2, 0.25) is 0 Å². The molecule has 1 aromatic carbocycles. The van der Waals surface area contributed by atoms with Crippen molar-refractivity contribution in [3.8, 4) is 5.75 Å². The number of aliphatic hydroxyl groups excluding tert-OH is 1. The predicted molar refractivity (Wildman–Crippen MR) is 69.5 cm³/mol. The second-order valence-electron chi connectivity index (χ2n) is 4.44. The summed E-state index contributed by atoms with van der Waals surface area (Å²) in [6.45, 7) is 2.03. The maximum Gasteiger partial charge on any atom is 0.142 e. The topological polar surface area (TPSA) is 41.5 Å². The molecule has 0 fully saturated rings. The highest BCUT2D eigenvalue weighted by Crippen LogP contribution is 2.36. The van der Waals surface area contributed by atoms with Crippen LogP contribution < -0.4 is 10.1 Å². The molecule has 2 rings (SSSR count). The zero-order chi connectivity index (χ0) is 12.4. The van der Waals surface area contributed by atoms with Gasteiger partial charge in [-0.25, -0.2) is 0 Å². The maximum absolute atomic E-state index is 10.3. The van der Waals surface area contributed by atoms with E-state index < -0.39 is 6.10 Å². The van der Waals surface area contributed by atoms with Crippen LogP contribution in [0, 0.1) is 5.92 Å². The van der Waals surface area contributed by atoms with E-state index >= 15 is 0 Å². The number of hydrogen-bond donors (Lipinski definition) is 2. The zero-order valence-corrected chi connectivity index (χ0v) is 10.5. The maximum atomic E-state index is 10.3. The first-order valence-electron chi connectivity index (χ1n) is 5.90. The van der Waals surface area contributed by atoms with Crippen LogP contribution in [0.4, 0.5) is 5.69 Å². The standard InChI is InChI=1S/C14H19NO2/c1-9-5-4-6-10-7-13(17-3)12(15-2)8-11(10)14(9)16/h4-5,7-9,14-16H,6H2,1-3H3. The summed E-state index contributed by atoms with van der Waals surface area (Å²) in [5, 5.41) is 13.4. The number of methoxy groups -OCH3 is 1. The molecule has 1 aliphatic carbocycles. The van der Waals surface area contributed by atoms with Gasteiger partial charge in [-0.1, -0.05) is 19.1 Å². The molecule has 0 aromatic heterocycles. The number of fused-ring (bicyclic) bond motifs is 1. The molecule has 2 unspecified atom stereocenters. The zero-order valence-electron chi connectivity index (χ0n) is 10.5. The van der Waals surface area contributed by atoms with E-state index in [4.69, 9.17) is 4.74 Å². The summed E-state index contributed by atoms with van der Waals surface area (Å²) in [5.74, 6) is 0.968. The highest BCUT2D eigenvalue weighted by atomic mass is 16.5. The quantitative estimate of drug-likeness (QED) is 0.771. The largest absolute Gasteiger partial charge is 0.495 e. The molecule has 3 heteroatoms. The molecule has 17 heavy (non-hydrogen) atoms. The van der Waals surface area contributed by atoms with Gasteiger partial charge < -0.3 is 15.2 Å². The molecule has 0 radical (unpaired) electrons. The van der Waals surface area contributed by atoms with E-state index in [-0.39, 0.29) is 5.92 Å². The van der Waals surface area contributed by atoms with E-state index in [1.54, 1.807) is 7.11 Å². The number of aliphatic hydroxyl groups is 1. The molecule has 0 aliphatic heterocycles. The lowest BCUT2D eigenvalue weighted by atomic mass is 9.94. The lowest BCUT2D eigenvalue weighted by Crippen LogP contribution is -2.08. The molecule has 0 saturated carbocycles. The first kappa shape index (κ1) is 12.0. The summed E-state index contributed by atoms with van der Waals surface area (Å²) in [7, 11) is 3.52. The van der Waals surface area contributed by atoms with E-state index in [0.717, 1.165) is 29.0 Å². The number of benzene rings is 1. The minimum atomic E-state index is -0.443. The van der Waals surface area contributed by atoms with Crippen molar-refractivity contribution < 1.29 is 9.84 Å². The Bertz CT molecular complexity index is 440. The number of allylic oxidation sites excluding steroid dienone is 1. The van der Waals surface area contributed by atoms with Crippen molar-refractivity contribution in [1.29, 1.82) is 0 Å². The smallest absolute Gasteiger partial charge is 0.142 e. The number of rotatable bonds is 2. The van der Waals surface area contributed by atoms with Gasteiger partial charge in [-0.3, -0.25) is 0 Å². The second kappa shape index (κ2) is 4.80. The van der Waals surface area contributed by atoms with Crippen molar-refractivity contribution in [2.45, 2.75) is 19.4 Å². The van der Waals surface area contributed by atoms with E-state index in [1.165, 1.54) is 0 Å². The third kappa shape index (κ3) is 2.15. The van der Waals surface area contributed by atoms with Crippen LogP contribution >= 0.6 is 0 Å². The van der Waals surface area contributed by atoms with Gasteiger partial charge in [0.25, 0.3) is 0 Å². The van der Waals surface area contributed by atoms with Crippen LogP contribution in [0.2, 0.25) is 0 Å². The first-order chi connectivity index (χ1) is 8.17. The Morgan fingerprint density at radius 2 is 2.18 bits per heavy atom. The van der Waals surface area contributed by atoms with Crippen LogP contribution in [0.5, 0.6) is 5.75 Å². The Morgan fingerprint density at radius 1 is 1.41 bits per heavy atom. The van der Waals surface area contributed by atoms with Gasteiger partial charge in [0.1, 0.15) is 5.75 Å². The fourth-order valence-electron chi connectivity index (χ4n) is 2.25. The van der Waals surface area contributed by atoms with Crippen LogP contribution in [-0.4, -0.2) is 19.3 Å². The van der Waals surface area contributed by atoms with Crippen molar-refractivity contribution in [3.63, 3.8) is 0 Å². The van der Waals surface area contributed by atoms with E-state index in [2.05, 4.69) is 17.5 Å². The average molecular weight is 233 g/mol. The lowest BCUT2D eigenvalue weighted by molar-refractivity contribution is 0.140. The fraction of sp³-hybridized carbons (Fsp3) is 0.429. The molecule has 1 aliphatic rings. The molecule has 2 N–H and O–H groups in total. The fourth-order valence-corrected chi connectivity index (χ4v) is 2.25. The molecule has 2 atom stereocenters. The van der Waals surface area contributed by atoms with Gasteiger partial charge in [0.15, 0.2) is 0 Å². The Balaban J connectivity index is 2.52. The molecular weight excluding hydrogens is 214 g/mol. The molecule has 0 saturated heterocycles. The number of ether oxygens (including phenoxy) is 1. The van der Waals surface area contributed by atoms with E-state index in [9.17, 15) is 5.11 Å². The van der Waals surface area contributed by atoms with Crippen LogP contribution in [0.1, 0.15) is 24.2 Å². The number of nitrogens with one attached hydrogen (secondary N) is 1.